The number of aryl methyl sites for hydroxylation is 1. The maximum absolute atomic E-state index is 12.9. The smallest absolute Gasteiger partial charge is 0.256 e. The molecule has 0 aliphatic carbocycles. The zero-order chi connectivity index (χ0) is 21.6. The van der Waals surface area contributed by atoms with Crippen LogP contribution in [-0.4, -0.2) is 52.6 Å². The second kappa shape index (κ2) is 9.44. The Morgan fingerprint density at radius 3 is 2.55 bits per heavy atom. The molecule has 0 radical (unpaired) electrons. The van der Waals surface area contributed by atoms with Crippen LogP contribution in [0.4, 0.5) is 5.69 Å². The van der Waals surface area contributed by atoms with Gasteiger partial charge in [-0.2, -0.15) is 0 Å². The van der Waals surface area contributed by atoms with Gasteiger partial charge < -0.3 is 24.3 Å². The SMILES string of the molecule is Cn1ccnc1COc1ccc(C(=O)Nc2ccccc2C(=O)N2CCOCC2)cc1. The minimum atomic E-state index is -0.294. The van der Waals surface area contributed by atoms with E-state index in [1.807, 2.05) is 17.8 Å². The highest BCUT2D eigenvalue weighted by Gasteiger charge is 2.21. The third kappa shape index (κ3) is 4.92. The number of morpholine rings is 1. The van der Waals surface area contributed by atoms with Crippen LogP contribution < -0.4 is 10.1 Å². The van der Waals surface area contributed by atoms with Gasteiger partial charge in [0, 0.05) is 38.1 Å². The summed E-state index contributed by atoms with van der Waals surface area (Å²) in [4.78, 5) is 31.6. The second-order valence-corrected chi connectivity index (χ2v) is 7.17. The van der Waals surface area contributed by atoms with Crippen LogP contribution in [0.25, 0.3) is 0 Å². The Kier molecular flexibility index (Phi) is 6.28. The molecule has 2 aromatic carbocycles. The second-order valence-electron chi connectivity index (χ2n) is 7.17. The molecule has 0 bridgehead atoms. The van der Waals surface area contributed by atoms with Crippen molar-refractivity contribution < 1.29 is 19.1 Å². The normalized spacial score (nSPS) is 13.6. The van der Waals surface area contributed by atoms with Crippen LogP contribution in [0.15, 0.2) is 60.9 Å². The van der Waals surface area contributed by atoms with Gasteiger partial charge in [-0.3, -0.25) is 9.59 Å². The molecule has 8 heteroatoms. The van der Waals surface area contributed by atoms with Gasteiger partial charge in [-0.1, -0.05) is 12.1 Å². The Labute approximate surface area is 180 Å². The fourth-order valence-corrected chi connectivity index (χ4v) is 3.30. The molecule has 31 heavy (non-hydrogen) atoms. The first-order valence-corrected chi connectivity index (χ1v) is 10.1. The van der Waals surface area contributed by atoms with E-state index in [2.05, 4.69) is 10.3 Å². The molecule has 1 aliphatic rings. The van der Waals surface area contributed by atoms with Crippen LogP contribution in [0, 0.1) is 0 Å². The largest absolute Gasteiger partial charge is 0.486 e. The van der Waals surface area contributed by atoms with Crippen LogP contribution in [0.5, 0.6) is 5.75 Å². The molecule has 0 unspecified atom stereocenters. The summed E-state index contributed by atoms with van der Waals surface area (Å²) in [6.07, 6.45) is 3.57. The van der Waals surface area contributed by atoms with Crippen molar-refractivity contribution in [3.8, 4) is 5.75 Å². The average molecular weight is 420 g/mol. The summed E-state index contributed by atoms with van der Waals surface area (Å²) in [5.41, 5.74) is 1.42. The van der Waals surface area contributed by atoms with Gasteiger partial charge in [0.1, 0.15) is 18.2 Å². The molecule has 0 spiro atoms. The summed E-state index contributed by atoms with van der Waals surface area (Å²) in [6.45, 7) is 2.47. The van der Waals surface area contributed by atoms with Crippen molar-refractivity contribution in [3.05, 3.63) is 77.9 Å². The van der Waals surface area contributed by atoms with Gasteiger partial charge in [0.25, 0.3) is 11.8 Å². The van der Waals surface area contributed by atoms with Crippen molar-refractivity contribution >= 4 is 17.5 Å². The number of aromatic nitrogens is 2. The lowest BCUT2D eigenvalue weighted by molar-refractivity contribution is 0.0303. The number of hydrogen-bond acceptors (Lipinski definition) is 5. The molecule has 0 saturated carbocycles. The van der Waals surface area contributed by atoms with Crippen LogP contribution in [-0.2, 0) is 18.4 Å². The van der Waals surface area contributed by atoms with Crippen molar-refractivity contribution in [3.63, 3.8) is 0 Å². The van der Waals surface area contributed by atoms with Crippen molar-refractivity contribution in [2.24, 2.45) is 7.05 Å². The predicted octanol–water partition coefficient (Wildman–Crippen LogP) is 2.72. The highest BCUT2D eigenvalue weighted by molar-refractivity contribution is 6.09. The van der Waals surface area contributed by atoms with E-state index in [0.29, 0.717) is 55.5 Å². The van der Waals surface area contributed by atoms with E-state index in [9.17, 15) is 9.59 Å². The zero-order valence-electron chi connectivity index (χ0n) is 17.3. The molecular weight excluding hydrogens is 396 g/mol. The number of para-hydroxylation sites is 1. The van der Waals surface area contributed by atoms with Crippen LogP contribution in [0.1, 0.15) is 26.5 Å². The predicted molar refractivity (Wildman–Crippen MR) is 115 cm³/mol. The summed E-state index contributed by atoms with van der Waals surface area (Å²) < 4.78 is 12.9. The Morgan fingerprint density at radius 1 is 1.10 bits per heavy atom. The molecular formula is C23H24N4O4. The molecule has 2 heterocycles. The minimum Gasteiger partial charge on any atom is -0.486 e. The van der Waals surface area contributed by atoms with E-state index in [0.717, 1.165) is 5.82 Å². The summed E-state index contributed by atoms with van der Waals surface area (Å²) >= 11 is 0. The topological polar surface area (TPSA) is 85.7 Å². The Hall–Kier alpha value is -3.65. The van der Waals surface area contributed by atoms with E-state index >= 15 is 0 Å². The van der Waals surface area contributed by atoms with Gasteiger partial charge in [0.15, 0.2) is 0 Å². The fraction of sp³-hybridized carbons (Fsp3) is 0.261. The number of carbonyl (C=O) groups excluding carboxylic acids is 2. The lowest BCUT2D eigenvalue weighted by Crippen LogP contribution is -2.41. The molecule has 1 aromatic heterocycles. The number of ether oxygens (including phenoxy) is 2. The molecule has 2 amide bonds. The summed E-state index contributed by atoms with van der Waals surface area (Å²) in [6, 6.07) is 13.9. The van der Waals surface area contributed by atoms with Gasteiger partial charge >= 0.3 is 0 Å². The summed E-state index contributed by atoms with van der Waals surface area (Å²) in [5, 5.41) is 2.86. The standard InChI is InChI=1S/C23H24N4O4/c1-26-11-10-24-21(26)16-31-18-8-6-17(7-9-18)22(28)25-20-5-3-2-4-19(20)23(29)27-12-14-30-15-13-27/h2-11H,12-16H2,1H3,(H,25,28). The molecule has 3 aromatic rings. The average Bonchev–Trinajstić information content (AvgIpc) is 3.23. The maximum Gasteiger partial charge on any atom is 0.256 e. The minimum absolute atomic E-state index is 0.114. The monoisotopic (exact) mass is 420 g/mol. The number of imidazole rings is 1. The van der Waals surface area contributed by atoms with Crippen LogP contribution in [0.2, 0.25) is 0 Å². The third-order valence-electron chi connectivity index (χ3n) is 5.11. The van der Waals surface area contributed by atoms with E-state index in [1.165, 1.54) is 0 Å². The molecule has 1 fully saturated rings. The van der Waals surface area contributed by atoms with Gasteiger partial charge in [-0.15, -0.1) is 0 Å². The first kappa shape index (κ1) is 20.6. The van der Waals surface area contributed by atoms with Crippen molar-refractivity contribution in [2.75, 3.05) is 31.6 Å². The third-order valence-corrected chi connectivity index (χ3v) is 5.11. The highest BCUT2D eigenvalue weighted by Crippen LogP contribution is 2.20. The molecule has 1 N–H and O–H groups in total. The molecule has 4 rings (SSSR count). The first-order valence-electron chi connectivity index (χ1n) is 10.1. The van der Waals surface area contributed by atoms with E-state index < -0.39 is 0 Å². The fourth-order valence-electron chi connectivity index (χ4n) is 3.30. The van der Waals surface area contributed by atoms with E-state index in [4.69, 9.17) is 9.47 Å². The summed E-state index contributed by atoms with van der Waals surface area (Å²) in [5.74, 6) is 1.04. The number of nitrogens with zero attached hydrogens (tertiary/aromatic N) is 3. The molecule has 8 nitrogen and oxygen atoms in total. The quantitative estimate of drug-likeness (QED) is 0.663. The lowest BCUT2D eigenvalue weighted by atomic mass is 10.1. The van der Waals surface area contributed by atoms with Crippen molar-refractivity contribution in [2.45, 2.75) is 6.61 Å². The number of anilines is 1. The van der Waals surface area contributed by atoms with Crippen molar-refractivity contribution in [1.82, 2.24) is 14.5 Å². The molecule has 1 saturated heterocycles. The summed E-state index contributed by atoms with van der Waals surface area (Å²) in [7, 11) is 1.90. The molecule has 160 valence electrons. The Bertz CT molecular complexity index is 1060. The Balaban J connectivity index is 1.41. The van der Waals surface area contributed by atoms with Crippen molar-refractivity contribution in [1.29, 1.82) is 0 Å². The maximum atomic E-state index is 12.9. The lowest BCUT2D eigenvalue weighted by Gasteiger charge is -2.27. The highest BCUT2D eigenvalue weighted by atomic mass is 16.5. The number of benzene rings is 2. The first-order chi connectivity index (χ1) is 15.1. The van der Waals surface area contributed by atoms with Gasteiger partial charge in [0.2, 0.25) is 0 Å². The Morgan fingerprint density at radius 2 is 1.84 bits per heavy atom. The number of carbonyl (C=O) groups is 2. The van der Waals surface area contributed by atoms with Crippen LogP contribution in [0.3, 0.4) is 0 Å². The zero-order valence-corrected chi connectivity index (χ0v) is 17.3. The van der Waals surface area contributed by atoms with Crippen LogP contribution >= 0.6 is 0 Å². The van der Waals surface area contributed by atoms with E-state index in [1.54, 1.807) is 59.6 Å². The van der Waals surface area contributed by atoms with E-state index in [-0.39, 0.29) is 11.8 Å². The van der Waals surface area contributed by atoms with Gasteiger partial charge in [-0.25, -0.2) is 4.98 Å². The number of hydrogen-bond donors (Lipinski definition) is 1. The number of rotatable bonds is 6. The van der Waals surface area contributed by atoms with Gasteiger partial charge in [-0.05, 0) is 36.4 Å². The number of nitrogens with one attached hydrogen (secondary N) is 1. The molecule has 1 aliphatic heterocycles. The van der Waals surface area contributed by atoms with Gasteiger partial charge in [0.05, 0.1) is 24.5 Å². The number of amides is 2. The molecule has 0 atom stereocenters.